The van der Waals surface area contributed by atoms with Gasteiger partial charge in [-0.1, -0.05) is 66.7 Å². The summed E-state index contributed by atoms with van der Waals surface area (Å²) >= 11 is 0. The molecule has 0 aliphatic heterocycles. The average Bonchev–Trinajstić information content (AvgIpc) is 2.64. The summed E-state index contributed by atoms with van der Waals surface area (Å²) in [5.74, 6) is -0.459. The van der Waals surface area contributed by atoms with Crippen LogP contribution >= 0.6 is 0 Å². The number of amides is 1. The van der Waals surface area contributed by atoms with Crippen LogP contribution in [0.2, 0.25) is 0 Å². The molecule has 1 unspecified atom stereocenters. The van der Waals surface area contributed by atoms with Crippen LogP contribution in [-0.4, -0.2) is 16.6 Å². The summed E-state index contributed by atoms with van der Waals surface area (Å²) in [6, 6.07) is 23.8. The third kappa shape index (κ3) is 2.51. The SMILES string of the molecule is NC(=O)C(Cc1ccccc1)(c1ccc2ccccc2c1)C1(O)CCC1. The Bertz CT molecular complexity index is 947. The normalized spacial score (nSPS) is 18.0. The topological polar surface area (TPSA) is 63.3 Å². The quantitative estimate of drug-likeness (QED) is 0.740. The van der Waals surface area contributed by atoms with Crippen LogP contribution < -0.4 is 5.73 Å². The fraction of sp³-hybridized carbons (Fsp3) is 0.261. The Morgan fingerprint density at radius 2 is 1.62 bits per heavy atom. The zero-order valence-electron chi connectivity index (χ0n) is 14.7. The van der Waals surface area contributed by atoms with E-state index in [9.17, 15) is 9.90 Å². The van der Waals surface area contributed by atoms with Crippen LogP contribution in [0.5, 0.6) is 0 Å². The molecule has 0 aromatic heterocycles. The van der Waals surface area contributed by atoms with Gasteiger partial charge in [-0.05, 0) is 53.6 Å². The van der Waals surface area contributed by atoms with E-state index in [4.69, 9.17) is 5.73 Å². The molecule has 1 aliphatic rings. The number of benzene rings is 3. The zero-order valence-corrected chi connectivity index (χ0v) is 14.7. The molecule has 0 bridgehead atoms. The van der Waals surface area contributed by atoms with Gasteiger partial charge in [0.2, 0.25) is 5.91 Å². The number of fused-ring (bicyclic) bond motifs is 1. The van der Waals surface area contributed by atoms with Gasteiger partial charge in [0.15, 0.2) is 0 Å². The third-order valence-corrected chi connectivity index (χ3v) is 5.95. The highest BCUT2D eigenvalue weighted by molar-refractivity contribution is 5.92. The zero-order chi connectivity index (χ0) is 18.2. The van der Waals surface area contributed by atoms with Gasteiger partial charge in [-0.2, -0.15) is 0 Å². The molecule has 3 nitrogen and oxygen atoms in total. The first-order valence-corrected chi connectivity index (χ1v) is 9.11. The summed E-state index contributed by atoms with van der Waals surface area (Å²) in [4.78, 5) is 12.9. The number of carbonyl (C=O) groups is 1. The maximum atomic E-state index is 12.9. The molecule has 0 heterocycles. The van der Waals surface area contributed by atoms with E-state index in [0.29, 0.717) is 19.3 Å². The van der Waals surface area contributed by atoms with Crippen molar-refractivity contribution in [2.45, 2.75) is 36.7 Å². The molecule has 3 N–H and O–H groups in total. The minimum absolute atomic E-state index is 0.401. The first kappa shape index (κ1) is 16.8. The highest BCUT2D eigenvalue weighted by atomic mass is 16.3. The van der Waals surface area contributed by atoms with E-state index >= 15 is 0 Å². The number of primary amides is 1. The first-order valence-electron chi connectivity index (χ1n) is 9.11. The van der Waals surface area contributed by atoms with E-state index in [2.05, 4.69) is 0 Å². The van der Waals surface area contributed by atoms with Crippen molar-refractivity contribution in [3.63, 3.8) is 0 Å². The lowest BCUT2D eigenvalue weighted by atomic mass is 9.55. The van der Waals surface area contributed by atoms with Crippen molar-refractivity contribution in [3.05, 3.63) is 83.9 Å². The summed E-state index contributed by atoms with van der Waals surface area (Å²) < 4.78 is 0. The number of rotatable bonds is 5. The van der Waals surface area contributed by atoms with Gasteiger partial charge < -0.3 is 10.8 Å². The molecule has 3 aromatic rings. The molecule has 132 valence electrons. The average molecular weight is 345 g/mol. The Hall–Kier alpha value is -2.65. The van der Waals surface area contributed by atoms with Gasteiger partial charge in [0.1, 0.15) is 5.41 Å². The monoisotopic (exact) mass is 345 g/mol. The molecule has 1 amide bonds. The third-order valence-electron chi connectivity index (χ3n) is 5.95. The second kappa shape index (κ2) is 6.26. The van der Waals surface area contributed by atoms with E-state index < -0.39 is 16.9 Å². The van der Waals surface area contributed by atoms with Crippen molar-refractivity contribution in [2.75, 3.05) is 0 Å². The van der Waals surface area contributed by atoms with Crippen molar-refractivity contribution in [2.24, 2.45) is 5.73 Å². The van der Waals surface area contributed by atoms with E-state index in [1.165, 1.54) is 0 Å². The number of aliphatic hydroxyl groups is 1. The lowest BCUT2D eigenvalue weighted by molar-refractivity contribution is -0.147. The maximum Gasteiger partial charge on any atom is 0.231 e. The fourth-order valence-electron chi connectivity index (χ4n) is 4.29. The van der Waals surface area contributed by atoms with Crippen LogP contribution in [0.25, 0.3) is 10.8 Å². The minimum Gasteiger partial charge on any atom is -0.388 e. The summed E-state index contributed by atoms with van der Waals surface area (Å²) in [5.41, 5.74) is 5.56. The molecule has 26 heavy (non-hydrogen) atoms. The molecule has 1 fully saturated rings. The smallest absolute Gasteiger partial charge is 0.231 e. The molecule has 0 spiro atoms. The predicted octanol–water partition coefficient (Wildman–Crippen LogP) is 3.72. The Labute approximate surface area is 153 Å². The van der Waals surface area contributed by atoms with Crippen LogP contribution in [0.1, 0.15) is 30.4 Å². The van der Waals surface area contributed by atoms with Crippen LogP contribution in [0.15, 0.2) is 72.8 Å². The molecule has 4 rings (SSSR count). The number of hydrogen-bond acceptors (Lipinski definition) is 2. The van der Waals surface area contributed by atoms with Crippen LogP contribution in [0, 0.1) is 0 Å². The van der Waals surface area contributed by atoms with Crippen molar-refractivity contribution in [3.8, 4) is 0 Å². The van der Waals surface area contributed by atoms with Crippen molar-refractivity contribution in [1.82, 2.24) is 0 Å². The van der Waals surface area contributed by atoms with Crippen LogP contribution in [-0.2, 0) is 16.6 Å². The van der Waals surface area contributed by atoms with Gasteiger partial charge >= 0.3 is 0 Å². The summed E-state index contributed by atoms with van der Waals surface area (Å²) in [6.07, 6.45) is 2.50. The highest BCUT2D eigenvalue weighted by Gasteiger charge is 2.58. The van der Waals surface area contributed by atoms with Gasteiger partial charge in [0.05, 0.1) is 5.60 Å². The molecule has 1 aliphatic carbocycles. The molecule has 1 saturated carbocycles. The van der Waals surface area contributed by atoms with Crippen LogP contribution in [0.3, 0.4) is 0 Å². The van der Waals surface area contributed by atoms with Gasteiger partial charge in [-0.25, -0.2) is 0 Å². The number of nitrogens with two attached hydrogens (primary N) is 1. The van der Waals surface area contributed by atoms with E-state index in [1.807, 2.05) is 72.8 Å². The van der Waals surface area contributed by atoms with Gasteiger partial charge in [0.25, 0.3) is 0 Å². The summed E-state index contributed by atoms with van der Waals surface area (Å²) in [6.45, 7) is 0. The Balaban J connectivity index is 1.92. The fourth-order valence-corrected chi connectivity index (χ4v) is 4.29. The molecule has 3 aromatic carbocycles. The van der Waals surface area contributed by atoms with Gasteiger partial charge in [-0.3, -0.25) is 4.79 Å². The molecular weight excluding hydrogens is 322 g/mol. The summed E-state index contributed by atoms with van der Waals surface area (Å²) in [7, 11) is 0. The van der Waals surface area contributed by atoms with Crippen molar-refractivity contribution >= 4 is 16.7 Å². The largest absolute Gasteiger partial charge is 0.388 e. The van der Waals surface area contributed by atoms with Crippen LogP contribution in [0.4, 0.5) is 0 Å². The minimum atomic E-state index is -1.13. The lowest BCUT2D eigenvalue weighted by Gasteiger charge is -2.51. The standard InChI is InChI=1S/C23H23NO2/c24-21(25)23(22(26)13-6-14-22,16-17-7-2-1-3-8-17)20-12-11-18-9-4-5-10-19(18)15-20/h1-5,7-12,15,26H,6,13-14,16H2,(H2,24,25). The second-order valence-corrected chi connectivity index (χ2v) is 7.38. The van der Waals surface area contributed by atoms with Crippen molar-refractivity contribution in [1.29, 1.82) is 0 Å². The second-order valence-electron chi connectivity index (χ2n) is 7.38. The van der Waals surface area contributed by atoms with Gasteiger partial charge in [-0.15, -0.1) is 0 Å². The predicted molar refractivity (Wildman–Crippen MR) is 104 cm³/mol. The number of hydrogen-bond donors (Lipinski definition) is 2. The Morgan fingerprint density at radius 3 is 2.23 bits per heavy atom. The summed E-state index contributed by atoms with van der Waals surface area (Å²) in [5, 5.41) is 13.5. The highest BCUT2D eigenvalue weighted by Crippen LogP contribution is 2.50. The van der Waals surface area contributed by atoms with Crippen molar-refractivity contribution < 1.29 is 9.90 Å². The number of carbonyl (C=O) groups excluding carboxylic acids is 1. The van der Waals surface area contributed by atoms with Gasteiger partial charge in [0, 0.05) is 0 Å². The molecule has 1 atom stereocenters. The first-order chi connectivity index (χ1) is 12.6. The Kier molecular flexibility index (Phi) is 4.04. The molecule has 0 saturated heterocycles. The molecule has 3 heteroatoms. The Morgan fingerprint density at radius 1 is 0.962 bits per heavy atom. The van der Waals surface area contributed by atoms with E-state index in [-0.39, 0.29) is 0 Å². The van der Waals surface area contributed by atoms with E-state index in [1.54, 1.807) is 0 Å². The van der Waals surface area contributed by atoms with E-state index in [0.717, 1.165) is 28.3 Å². The molecule has 0 radical (unpaired) electrons. The molecular formula is C23H23NO2. The lowest BCUT2D eigenvalue weighted by Crippen LogP contribution is -2.63. The maximum absolute atomic E-state index is 12.9.